The lowest BCUT2D eigenvalue weighted by Crippen LogP contribution is -2.10. The van der Waals surface area contributed by atoms with Gasteiger partial charge in [-0.2, -0.15) is 0 Å². The molecule has 3 heterocycles. The minimum absolute atomic E-state index is 0.657. The molecular formula is C19H23N5S. The second-order valence-corrected chi connectivity index (χ2v) is 7.25. The number of rotatable bonds is 6. The van der Waals surface area contributed by atoms with Gasteiger partial charge in [0.15, 0.2) is 5.82 Å². The molecule has 130 valence electrons. The highest BCUT2D eigenvalue weighted by molar-refractivity contribution is 7.11. The van der Waals surface area contributed by atoms with E-state index in [9.17, 15) is 0 Å². The molecule has 0 radical (unpaired) electrons. The van der Waals surface area contributed by atoms with E-state index in [0.717, 1.165) is 42.2 Å². The van der Waals surface area contributed by atoms with Gasteiger partial charge in [0.25, 0.3) is 0 Å². The minimum atomic E-state index is 0.657. The molecule has 0 amide bonds. The minimum Gasteiger partial charge on any atom is -0.369 e. The molecule has 0 atom stereocenters. The molecule has 3 aromatic heterocycles. The number of pyridine rings is 1. The molecule has 0 saturated carbocycles. The lowest BCUT2D eigenvalue weighted by molar-refractivity contribution is 0.942. The maximum absolute atomic E-state index is 4.70. The number of anilines is 1. The highest BCUT2D eigenvalue weighted by atomic mass is 32.1. The van der Waals surface area contributed by atoms with Crippen LogP contribution in [0.2, 0.25) is 0 Å². The van der Waals surface area contributed by atoms with Crippen molar-refractivity contribution in [3.8, 4) is 11.5 Å². The first-order valence-electron chi connectivity index (χ1n) is 8.54. The third-order valence-corrected chi connectivity index (χ3v) is 5.26. The Hall–Kier alpha value is -2.34. The summed E-state index contributed by atoms with van der Waals surface area (Å²) in [5.41, 5.74) is 4.05. The highest BCUT2D eigenvalue weighted by Gasteiger charge is 2.11. The molecule has 0 bridgehead atoms. The van der Waals surface area contributed by atoms with Crippen LogP contribution in [0.4, 0.5) is 5.82 Å². The number of nitrogens with one attached hydrogen (secondary N) is 1. The Morgan fingerprint density at radius 1 is 1.08 bits per heavy atom. The Morgan fingerprint density at radius 2 is 1.92 bits per heavy atom. The van der Waals surface area contributed by atoms with Crippen LogP contribution in [0.25, 0.3) is 11.5 Å². The molecule has 0 aliphatic rings. The molecule has 0 unspecified atom stereocenters. The topological polar surface area (TPSA) is 63.6 Å². The summed E-state index contributed by atoms with van der Waals surface area (Å²) in [6.07, 6.45) is 3.65. The normalized spacial score (nSPS) is 10.9. The summed E-state index contributed by atoms with van der Waals surface area (Å²) in [4.78, 5) is 19.6. The first kappa shape index (κ1) is 17.5. The van der Waals surface area contributed by atoms with Gasteiger partial charge in [-0.15, -0.1) is 11.3 Å². The Bertz CT molecular complexity index is 858. The standard InChI is InChI=1S/C19H23N5S/c1-5-15-14(4)25-17(23-15)9-11-21-18-12(2)13(3)22-19(24-18)16-8-6-7-10-20-16/h6-8,10H,5,9,11H2,1-4H3,(H,21,22,24). The van der Waals surface area contributed by atoms with E-state index in [1.165, 1.54) is 15.6 Å². The number of thiazole rings is 1. The van der Waals surface area contributed by atoms with Crippen LogP contribution in [0.5, 0.6) is 0 Å². The van der Waals surface area contributed by atoms with Crippen molar-refractivity contribution < 1.29 is 0 Å². The fraction of sp³-hybridized carbons (Fsp3) is 0.368. The predicted molar refractivity (Wildman–Crippen MR) is 103 cm³/mol. The molecule has 0 aromatic carbocycles. The molecule has 0 spiro atoms. The predicted octanol–water partition coefficient (Wildman–Crippen LogP) is 4.14. The van der Waals surface area contributed by atoms with Crippen LogP contribution >= 0.6 is 11.3 Å². The van der Waals surface area contributed by atoms with Crippen molar-refractivity contribution >= 4 is 17.2 Å². The molecule has 1 N–H and O–H groups in total. The van der Waals surface area contributed by atoms with Crippen molar-refractivity contribution in [2.24, 2.45) is 0 Å². The molecule has 5 nitrogen and oxygen atoms in total. The smallest absolute Gasteiger partial charge is 0.180 e. The third kappa shape index (κ3) is 4.02. The second-order valence-electron chi connectivity index (χ2n) is 5.96. The van der Waals surface area contributed by atoms with Crippen molar-refractivity contribution in [1.29, 1.82) is 0 Å². The van der Waals surface area contributed by atoms with Gasteiger partial charge in [0, 0.05) is 35.3 Å². The number of hydrogen-bond acceptors (Lipinski definition) is 6. The van der Waals surface area contributed by atoms with Crippen LogP contribution in [-0.2, 0) is 12.8 Å². The van der Waals surface area contributed by atoms with Crippen molar-refractivity contribution in [3.63, 3.8) is 0 Å². The van der Waals surface area contributed by atoms with Crippen LogP contribution in [0, 0.1) is 20.8 Å². The molecule has 3 aromatic rings. The fourth-order valence-corrected chi connectivity index (χ4v) is 3.64. The SMILES string of the molecule is CCc1nc(CCNc2nc(-c3ccccn3)nc(C)c2C)sc1C. The second kappa shape index (κ2) is 7.70. The van der Waals surface area contributed by atoms with E-state index in [0.29, 0.717) is 5.82 Å². The first-order valence-corrected chi connectivity index (χ1v) is 9.35. The summed E-state index contributed by atoms with van der Waals surface area (Å²) < 4.78 is 0. The molecule has 0 aliphatic heterocycles. The highest BCUT2D eigenvalue weighted by Crippen LogP contribution is 2.21. The van der Waals surface area contributed by atoms with Crippen molar-refractivity contribution in [1.82, 2.24) is 19.9 Å². The average molecular weight is 353 g/mol. The number of hydrogen-bond donors (Lipinski definition) is 1. The largest absolute Gasteiger partial charge is 0.369 e. The van der Waals surface area contributed by atoms with Gasteiger partial charge in [0.2, 0.25) is 0 Å². The van der Waals surface area contributed by atoms with Gasteiger partial charge in [-0.3, -0.25) is 4.98 Å². The Morgan fingerprint density at radius 3 is 2.60 bits per heavy atom. The third-order valence-electron chi connectivity index (χ3n) is 4.19. The van der Waals surface area contributed by atoms with Crippen LogP contribution < -0.4 is 5.32 Å². The number of aromatic nitrogens is 4. The lowest BCUT2D eigenvalue weighted by atomic mass is 10.2. The van der Waals surface area contributed by atoms with Crippen molar-refractivity contribution in [2.75, 3.05) is 11.9 Å². The van der Waals surface area contributed by atoms with Crippen molar-refractivity contribution in [3.05, 3.63) is 51.2 Å². The van der Waals surface area contributed by atoms with Crippen LogP contribution in [0.15, 0.2) is 24.4 Å². The molecule has 6 heteroatoms. The van der Waals surface area contributed by atoms with Gasteiger partial charge in [-0.05, 0) is 39.3 Å². The van der Waals surface area contributed by atoms with Crippen LogP contribution in [-0.4, -0.2) is 26.5 Å². The summed E-state index contributed by atoms with van der Waals surface area (Å²) in [7, 11) is 0. The van der Waals surface area contributed by atoms with Gasteiger partial charge in [0.1, 0.15) is 11.5 Å². The summed E-state index contributed by atoms with van der Waals surface area (Å²) in [6.45, 7) is 9.14. The van der Waals surface area contributed by atoms with Gasteiger partial charge in [-0.25, -0.2) is 15.0 Å². The van der Waals surface area contributed by atoms with Crippen LogP contribution in [0.1, 0.15) is 33.8 Å². The van der Waals surface area contributed by atoms with Gasteiger partial charge in [-0.1, -0.05) is 13.0 Å². The molecule has 0 fully saturated rings. The Labute approximate surface area is 152 Å². The monoisotopic (exact) mass is 353 g/mol. The molecular weight excluding hydrogens is 330 g/mol. The summed E-state index contributed by atoms with van der Waals surface area (Å²) in [5, 5.41) is 4.62. The van der Waals surface area contributed by atoms with Crippen LogP contribution in [0.3, 0.4) is 0 Å². The van der Waals surface area contributed by atoms with Gasteiger partial charge >= 0.3 is 0 Å². The number of aryl methyl sites for hydroxylation is 3. The fourth-order valence-electron chi connectivity index (χ4n) is 2.62. The molecule has 25 heavy (non-hydrogen) atoms. The van der Waals surface area contributed by atoms with E-state index in [1.54, 1.807) is 17.5 Å². The zero-order valence-electron chi connectivity index (χ0n) is 15.1. The zero-order chi connectivity index (χ0) is 17.8. The molecule has 0 saturated heterocycles. The first-order chi connectivity index (χ1) is 12.1. The average Bonchev–Trinajstić information content (AvgIpc) is 2.99. The maximum Gasteiger partial charge on any atom is 0.180 e. The van der Waals surface area contributed by atoms with E-state index in [1.807, 2.05) is 32.0 Å². The maximum atomic E-state index is 4.70. The lowest BCUT2D eigenvalue weighted by Gasteiger charge is -2.11. The summed E-state index contributed by atoms with van der Waals surface area (Å²) in [5.74, 6) is 1.53. The Kier molecular flexibility index (Phi) is 5.38. The quantitative estimate of drug-likeness (QED) is 0.721. The van der Waals surface area contributed by atoms with E-state index < -0.39 is 0 Å². The van der Waals surface area contributed by atoms with E-state index in [-0.39, 0.29) is 0 Å². The van der Waals surface area contributed by atoms with Gasteiger partial charge < -0.3 is 5.32 Å². The molecule has 0 aliphatic carbocycles. The zero-order valence-corrected chi connectivity index (χ0v) is 15.9. The van der Waals surface area contributed by atoms with E-state index in [4.69, 9.17) is 4.98 Å². The van der Waals surface area contributed by atoms with Gasteiger partial charge in [0.05, 0.1) is 10.7 Å². The summed E-state index contributed by atoms with van der Waals surface area (Å²) >= 11 is 1.79. The van der Waals surface area contributed by atoms with E-state index >= 15 is 0 Å². The van der Waals surface area contributed by atoms with Crippen molar-refractivity contribution in [2.45, 2.75) is 40.5 Å². The Balaban J connectivity index is 1.74. The van der Waals surface area contributed by atoms with E-state index in [2.05, 4.69) is 34.1 Å². The molecule has 3 rings (SSSR count). The number of nitrogens with zero attached hydrogens (tertiary/aromatic N) is 4. The summed E-state index contributed by atoms with van der Waals surface area (Å²) in [6, 6.07) is 5.77.